The standard InChI is InChI=1S/C15H24N2O/c1-12-4-5-14(13(2)8-12)9-16-10-15-11-17(3)6-7-18-15/h4-5,8,15-16H,6-7,9-11H2,1-3H3/t15-/m0/s1. The predicted octanol–water partition coefficient (Wildman–Crippen LogP) is 1.72. The third kappa shape index (κ3) is 3.80. The molecule has 0 spiro atoms. The van der Waals surface area contributed by atoms with E-state index in [1.807, 2.05) is 0 Å². The van der Waals surface area contributed by atoms with Crippen LogP contribution in [0, 0.1) is 13.8 Å². The summed E-state index contributed by atoms with van der Waals surface area (Å²) in [5.74, 6) is 0. The molecule has 0 saturated carbocycles. The summed E-state index contributed by atoms with van der Waals surface area (Å²) in [7, 11) is 2.15. The van der Waals surface area contributed by atoms with Gasteiger partial charge < -0.3 is 15.0 Å². The van der Waals surface area contributed by atoms with Crippen LogP contribution in [-0.4, -0.2) is 44.3 Å². The summed E-state index contributed by atoms with van der Waals surface area (Å²) in [6.07, 6.45) is 0.328. The lowest BCUT2D eigenvalue weighted by atomic mass is 10.1. The number of aryl methyl sites for hydroxylation is 2. The van der Waals surface area contributed by atoms with Crippen molar-refractivity contribution in [3.05, 3.63) is 34.9 Å². The van der Waals surface area contributed by atoms with E-state index in [0.717, 1.165) is 32.8 Å². The van der Waals surface area contributed by atoms with Gasteiger partial charge in [-0.1, -0.05) is 23.8 Å². The molecule has 1 heterocycles. The number of nitrogens with zero attached hydrogens (tertiary/aromatic N) is 1. The van der Waals surface area contributed by atoms with Crippen LogP contribution < -0.4 is 5.32 Å². The van der Waals surface area contributed by atoms with Crippen LogP contribution in [0.1, 0.15) is 16.7 Å². The molecule has 1 saturated heterocycles. The molecule has 3 nitrogen and oxygen atoms in total. The molecule has 1 aliphatic heterocycles. The summed E-state index contributed by atoms with van der Waals surface area (Å²) in [5, 5.41) is 3.50. The molecule has 2 rings (SSSR count). The Balaban J connectivity index is 1.77. The zero-order valence-corrected chi connectivity index (χ0v) is 11.7. The van der Waals surface area contributed by atoms with Crippen LogP contribution in [-0.2, 0) is 11.3 Å². The van der Waals surface area contributed by atoms with E-state index in [1.165, 1.54) is 16.7 Å². The van der Waals surface area contributed by atoms with Gasteiger partial charge >= 0.3 is 0 Å². The first-order valence-corrected chi connectivity index (χ1v) is 6.72. The van der Waals surface area contributed by atoms with E-state index < -0.39 is 0 Å². The van der Waals surface area contributed by atoms with Crippen LogP contribution in [0.15, 0.2) is 18.2 Å². The highest BCUT2D eigenvalue weighted by Crippen LogP contribution is 2.10. The van der Waals surface area contributed by atoms with E-state index in [-0.39, 0.29) is 0 Å². The molecular formula is C15H24N2O. The Labute approximate surface area is 110 Å². The van der Waals surface area contributed by atoms with Gasteiger partial charge in [-0.05, 0) is 32.0 Å². The van der Waals surface area contributed by atoms with Gasteiger partial charge in [-0.15, -0.1) is 0 Å². The maximum absolute atomic E-state index is 5.73. The Bertz CT molecular complexity index is 392. The highest BCUT2D eigenvalue weighted by molar-refractivity contribution is 5.30. The van der Waals surface area contributed by atoms with Crippen molar-refractivity contribution in [3.63, 3.8) is 0 Å². The van der Waals surface area contributed by atoms with Crippen molar-refractivity contribution in [3.8, 4) is 0 Å². The number of ether oxygens (including phenoxy) is 1. The van der Waals surface area contributed by atoms with Gasteiger partial charge in [0.05, 0.1) is 12.7 Å². The van der Waals surface area contributed by atoms with Crippen molar-refractivity contribution < 1.29 is 4.74 Å². The van der Waals surface area contributed by atoms with Gasteiger partial charge in [-0.2, -0.15) is 0 Å². The Morgan fingerprint density at radius 3 is 2.94 bits per heavy atom. The van der Waals surface area contributed by atoms with Crippen molar-refractivity contribution in [1.82, 2.24) is 10.2 Å². The first kappa shape index (κ1) is 13.5. The molecule has 0 aromatic heterocycles. The van der Waals surface area contributed by atoms with E-state index in [2.05, 4.69) is 49.3 Å². The van der Waals surface area contributed by atoms with Gasteiger partial charge in [0, 0.05) is 26.2 Å². The lowest BCUT2D eigenvalue weighted by molar-refractivity contribution is -0.0182. The largest absolute Gasteiger partial charge is 0.374 e. The summed E-state index contributed by atoms with van der Waals surface area (Å²) in [6, 6.07) is 6.63. The first-order chi connectivity index (χ1) is 8.65. The Morgan fingerprint density at radius 2 is 2.22 bits per heavy atom. The molecule has 1 fully saturated rings. The highest BCUT2D eigenvalue weighted by atomic mass is 16.5. The fourth-order valence-electron chi connectivity index (χ4n) is 2.40. The monoisotopic (exact) mass is 248 g/mol. The van der Waals surface area contributed by atoms with E-state index in [1.54, 1.807) is 0 Å². The van der Waals surface area contributed by atoms with Crippen LogP contribution >= 0.6 is 0 Å². The number of rotatable bonds is 4. The van der Waals surface area contributed by atoms with E-state index in [0.29, 0.717) is 6.10 Å². The second kappa shape index (κ2) is 6.32. The summed E-state index contributed by atoms with van der Waals surface area (Å²) in [6.45, 7) is 9.10. The molecule has 1 N–H and O–H groups in total. The number of morpholine rings is 1. The lowest BCUT2D eigenvalue weighted by Crippen LogP contribution is -2.44. The van der Waals surface area contributed by atoms with Crippen LogP contribution in [0.3, 0.4) is 0 Å². The molecule has 18 heavy (non-hydrogen) atoms. The smallest absolute Gasteiger partial charge is 0.0826 e. The molecule has 1 aromatic rings. The van der Waals surface area contributed by atoms with Crippen molar-refractivity contribution in [2.45, 2.75) is 26.5 Å². The van der Waals surface area contributed by atoms with Gasteiger partial charge in [0.15, 0.2) is 0 Å². The van der Waals surface area contributed by atoms with Crippen LogP contribution in [0.2, 0.25) is 0 Å². The molecule has 0 unspecified atom stereocenters. The van der Waals surface area contributed by atoms with Crippen molar-refractivity contribution in [1.29, 1.82) is 0 Å². The molecule has 1 atom stereocenters. The van der Waals surface area contributed by atoms with Gasteiger partial charge in [0.2, 0.25) is 0 Å². The number of benzene rings is 1. The maximum atomic E-state index is 5.73. The number of hydrogen-bond acceptors (Lipinski definition) is 3. The number of hydrogen-bond donors (Lipinski definition) is 1. The molecular weight excluding hydrogens is 224 g/mol. The van der Waals surface area contributed by atoms with Crippen LogP contribution in [0.4, 0.5) is 0 Å². The number of likely N-dealkylation sites (N-methyl/N-ethyl adjacent to an activating group) is 1. The normalized spacial score (nSPS) is 21.2. The minimum Gasteiger partial charge on any atom is -0.374 e. The lowest BCUT2D eigenvalue weighted by Gasteiger charge is -2.30. The fourth-order valence-corrected chi connectivity index (χ4v) is 2.40. The predicted molar refractivity (Wildman–Crippen MR) is 74.9 cm³/mol. The summed E-state index contributed by atoms with van der Waals surface area (Å²) < 4.78 is 5.73. The van der Waals surface area contributed by atoms with E-state index in [9.17, 15) is 0 Å². The van der Waals surface area contributed by atoms with E-state index >= 15 is 0 Å². The quantitative estimate of drug-likeness (QED) is 0.878. The van der Waals surface area contributed by atoms with Gasteiger partial charge in [-0.25, -0.2) is 0 Å². The molecule has 0 amide bonds. The molecule has 0 aliphatic carbocycles. The van der Waals surface area contributed by atoms with E-state index in [4.69, 9.17) is 4.74 Å². The molecule has 0 radical (unpaired) electrons. The Morgan fingerprint density at radius 1 is 1.39 bits per heavy atom. The summed E-state index contributed by atoms with van der Waals surface area (Å²) in [5.41, 5.74) is 4.07. The Hall–Kier alpha value is -0.900. The molecule has 3 heteroatoms. The third-order valence-electron chi connectivity index (χ3n) is 3.53. The Kier molecular flexibility index (Phi) is 4.75. The summed E-state index contributed by atoms with van der Waals surface area (Å²) >= 11 is 0. The van der Waals surface area contributed by atoms with Crippen molar-refractivity contribution >= 4 is 0 Å². The second-order valence-corrected chi connectivity index (χ2v) is 5.32. The topological polar surface area (TPSA) is 24.5 Å². The minimum absolute atomic E-state index is 0.328. The van der Waals surface area contributed by atoms with Gasteiger partial charge in [0.1, 0.15) is 0 Å². The van der Waals surface area contributed by atoms with Crippen LogP contribution in [0.25, 0.3) is 0 Å². The van der Waals surface area contributed by atoms with Crippen molar-refractivity contribution in [2.75, 3.05) is 33.3 Å². The molecule has 100 valence electrons. The molecule has 1 aliphatic rings. The number of nitrogens with one attached hydrogen (secondary N) is 1. The second-order valence-electron chi connectivity index (χ2n) is 5.32. The van der Waals surface area contributed by atoms with Crippen molar-refractivity contribution in [2.24, 2.45) is 0 Å². The van der Waals surface area contributed by atoms with Gasteiger partial charge in [-0.3, -0.25) is 0 Å². The van der Waals surface area contributed by atoms with Crippen LogP contribution in [0.5, 0.6) is 0 Å². The minimum atomic E-state index is 0.328. The zero-order valence-electron chi connectivity index (χ0n) is 11.7. The fraction of sp³-hybridized carbons (Fsp3) is 0.600. The first-order valence-electron chi connectivity index (χ1n) is 6.72. The SMILES string of the molecule is Cc1ccc(CNC[C@H]2CN(C)CCO2)c(C)c1. The molecule has 1 aromatic carbocycles. The summed E-state index contributed by atoms with van der Waals surface area (Å²) in [4.78, 5) is 2.33. The molecule has 0 bridgehead atoms. The maximum Gasteiger partial charge on any atom is 0.0826 e. The highest BCUT2D eigenvalue weighted by Gasteiger charge is 2.16. The average Bonchev–Trinajstić information content (AvgIpc) is 2.32. The average molecular weight is 248 g/mol. The van der Waals surface area contributed by atoms with Gasteiger partial charge in [0.25, 0.3) is 0 Å². The zero-order chi connectivity index (χ0) is 13.0. The third-order valence-corrected chi connectivity index (χ3v) is 3.53.